The average molecular weight is 420 g/mol. The van der Waals surface area contributed by atoms with Gasteiger partial charge in [-0.1, -0.05) is 48.5 Å². The van der Waals surface area contributed by atoms with Crippen molar-refractivity contribution in [2.24, 2.45) is 0 Å². The van der Waals surface area contributed by atoms with Crippen LogP contribution in [0.3, 0.4) is 0 Å². The molecular weight excluding hydrogens is 396 g/mol. The molecule has 0 spiro atoms. The number of carboxylic acids is 1. The van der Waals surface area contributed by atoms with Crippen molar-refractivity contribution in [3.8, 4) is 16.9 Å². The highest BCUT2D eigenvalue weighted by Crippen LogP contribution is 2.27. The second kappa shape index (κ2) is 10.9. The summed E-state index contributed by atoms with van der Waals surface area (Å²) in [6.45, 7) is 0.306. The number of aliphatic hydroxyl groups is 1. The van der Waals surface area contributed by atoms with Gasteiger partial charge in [0, 0.05) is 0 Å². The molecule has 0 fully saturated rings. The lowest BCUT2D eigenvalue weighted by molar-refractivity contribution is -0.148. The van der Waals surface area contributed by atoms with Crippen LogP contribution in [0, 0.1) is 0 Å². The van der Waals surface area contributed by atoms with E-state index in [0.717, 1.165) is 22.4 Å². The summed E-state index contributed by atoms with van der Waals surface area (Å²) in [5.41, 5.74) is 4.22. The third-order valence-electron chi connectivity index (χ3n) is 4.59. The number of aliphatic carboxylic acids is 1. The van der Waals surface area contributed by atoms with Gasteiger partial charge in [-0.25, -0.2) is 0 Å². The second-order valence-electron chi connectivity index (χ2n) is 7.05. The summed E-state index contributed by atoms with van der Waals surface area (Å²) in [7, 11) is 0. The quantitative estimate of drug-likeness (QED) is 0.474. The van der Waals surface area contributed by atoms with Crippen molar-refractivity contribution < 1.29 is 29.3 Å². The highest BCUT2D eigenvalue weighted by atomic mass is 16.5. The molecule has 0 aliphatic carbocycles. The molecular formula is C25H24O6. The first-order valence-corrected chi connectivity index (χ1v) is 9.92. The van der Waals surface area contributed by atoms with Gasteiger partial charge in [0.05, 0.1) is 19.4 Å². The molecule has 6 heteroatoms. The van der Waals surface area contributed by atoms with Crippen molar-refractivity contribution in [2.45, 2.75) is 32.7 Å². The highest BCUT2D eigenvalue weighted by molar-refractivity contribution is 5.76. The number of carbonyl (C=O) groups is 2. The van der Waals surface area contributed by atoms with Crippen LogP contribution in [0.1, 0.15) is 29.5 Å². The second-order valence-corrected chi connectivity index (χ2v) is 7.05. The molecule has 0 atom stereocenters. The summed E-state index contributed by atoms with van der Waals surface area (Å²) in [5.74, 6) is -0.900. The summed E-state index contributed by atoms with van der Waals surface area (Å²) >= 11 is 0. The number of ether oxygens (including phenoxy) is 2. The van der Waals surface area contributed by atoms with E-state index in [1.165, 1.54) is 0 Å². The van der Waals surface area contributed by atoms with Crippen LogP contribution in [0.4, 0.5) is 0 Å². The molecule has 3 aromatic carbocycles. The predicted octanol–water partition coefficient (Wildman–Crippen LogP) is 4.33. The van der Waals surface area contributed by atoms with E-state index in [9.17, 15) is 14.7 Å². The van der Waals surface area contributed by atoms with Crippen molar-refractivity contribution in [1.82, 2.24) is 0 Å². The van der Waals surface area contributed by atoms with Gasteiger partial charge < -0.3 is 19.7 Å². The first-order valence-electron chi connectivity index (χ1n) is 9.92. The summed E-state index contributed by atoms with van der Waals surface area (Å²) in [4.78, 5) is 22.3. The molecule has 0 saturated carbocycles. The predicted molar refractivity (Wildman–Crippen MR) is 115 cm³/mol. The molecule has 3 aromatic rings. The van der Waals surface area contributed by atoms with E-state index in [-0.39, 0.29) is 26.1 Å². The molecule has 3 rings (SSSR count). The molecule has 0 aliphatic heterocycles. The molecule has 0 unspecified atom stereocenters. The number of carbonyl (C=O) groups excluding carboxylic acids is 1. The molecule has 0 aliphatic rings. The Kier molecular flexibility index (Phi) is 7.79. The molecule has 0 saturated heterocycles. The summed E-state index contributed by atoms with van der Waals surface area (Å²) in [6, 6.07) is 23.0. The first-order chi connectivity index (χ1) is 15.0. The summed E-state index contributed by atoms with van der Waals surface area (Å²) < 4.78 is 11.1. The van der Waals surface area contributed by atoms with Gasteiger partial charge in [0.2, 0.25) is 0 Å². The number of esters is 1. The molecule has 160 valence electrons. The minimum atomic E-state index is -1.05. The topological polar surface area (TPSA) is 93.1 Å². The minimum absolute atomic E-state index is 0.00346. The maximum absolute atomic E-state index is 11.7. The zero-order valence-electron chi connectivity index (χ0n) is 17.0. The summed E-state index contributed by atoms with van der Waals surface area (Å²) in [5, 5.41) is 18.3. The number of hydrogen-bond donors (Lipinski definition) is 2. The number of hydrogen-bond acceptors (Lipinski definition) is 5. The fraction of sp³-hybridized carbons (Fsp3) is 0.200. The molecule has 0 amide bonds. The molecule has 0 radical (unpaired) electrons. The molecule has 2 N–H and O–H groups in total. The van der Waals surface area contributed by atoms with Gasteiger partial charge in [-0.2, -0.15) is 0 Å². The number of benzene rings is 3. The molecule has 0 aromatic heterocycles. The molecule has 31 heavy (non-hydrogen) atoms. The Morgan fingerprint density at radius 2 is 1.52 bits per heavy atom. The van der Waals surface area contributed by atoms with Gasteiger partial charge in [0.15, 0.2) is 0 Å². The SMILES string of the molecule is O=C(O)CCC(=O)OCc1cc(CO)cc(-c2cccc(OCc3ccccc3)c2)c1. The number of carboxylic acid groups (broad SMARTS) is 1. The van der Waals surface area contributed by atoms with Crippen molar-refractivity contribution in [2.75, 3.05) is 0 Å². The van der Waals surface area contributed by atoms with Crippen molar-refractivity contribution in [3.63, 3.8) is 0 Å². The maximum Gasteiger partial charge on any atom is 0.306 e. The van der Waals surface area contributed by atoms with Crippen LogP contribution < -0.4 is 4.74 Å². The molecule has 0 heterocycles. The fourth-order valence-electron chi connectivity index (χ4n) is 3.06. The zero-order valence-corrected chi connectivity index (χ0v) is 17.0. The van der Waals surface area contributed by atoms with E-state index in [1.807, 2.05) is 66.7 Å². The van der Waals surface area contributed by atoms with Gasteiger partial charge in [-0.15, -0.1) is 0 Å². The van der Waals surface area contributed by atoms with Crippen molar-refractivity contribution in [3.05, 3.63) is 89.5 Å². The number of rotatable bonds is 10. The zero-order chi connectivity index (χ0) is 22.1. The fourth-order valence-corrected chi connectivity index (χ4v) is 3.06. The standard InChI is InChI=1S/C25H24O6/c26-15-19-11-20(17-31-25(29)10-9-24(27)28)13-22(12-19)21-7-4-8-23(14-21)30-16-18-5-2-1-3-6-18/h1-8,11-14,26H,9-10,15-17H2,(H,27,28). The Morgan fingerprint density at radius 1 is 0.742 bits per heavy atom. The van der Waals surface area contributed by atoms with Gasteiger partial charge in [-0.3, -0.25) is 9.59 Å². The van der Waals surface area contributed by atoms with Crippen LogP contribution in [0.15, 0.2) is 72.8 Å². The lowest BCUT2D eigenvalue weighted by Gasteiger charge is -2.12. The van der Waals surface area contributed by atoms with E-state index >= 15 is 0 Å². The largest absolute Gasteiger partial charge is 0.489 e. The normalized spacial score (nSPS) is 10.5. The molecule has 0 bridgehead atoms. The van der Waals surface area contributed by atoms with Crippen LogP contribution in [-0.2, 0) is 34.1 Å². The van der Waals surface area contributed by atoms with E-state index in [2.05, 4.69) is 0 Å². The number of aliphatic hydroxyl groups excluding tert-OH is 1. The Morgan fingerprint density at radius 3 is 2.26 bits per heavy atom. The Balaban J connectivity index is 1.72. The van der Waals surface area contributed by atoms with E-state index in [0.29, 0.717) is 17.7 Å². The van der Waals surface area contributed by atoms with Crippen LogP contribution in [-0.4, -0.2) is 22.2 Å². The Hall–Kier alpha value is -3.64. The lowest BCUT2D eigenvalue weighted by atomic mass is 10.00. The third-order valence-corrected chi connectivity index (χ3v) is 4.59. The van der Waals surface area contributed by atoms with Crippen LogP contribution in [0.25, 0.3) is 11.1 Å². The Bertz CT molecular complexity index is 1030. The van der Waals surface area contributed by atoms with Crippen LogP contribution >= 0.6 is 0 Å². The minimum Gasteiger partial charge on any atom is -0.489 e. The van der Waals surface area contributed by atoms with Crippen LogP contribution in [0.5, 0.6) is 5.75 Å². The van der Waals surface area contributed by atoms with Gasteiger partial charge in [-0.05, 0) is 52.1 Å². The Labute approximate surface area is 180 Å². The smallest absolute Gasteiger partial charge is 0.306 e. The van der Waals surface area contributed by atoms with Crippen molar-refractivity contribution in [1.29, 1.82) is 0 Å². The first kappa shape index (κ1) is 22.1. The highest BCUT2D eigenvalue weighted by Gasteiger charge is 2.09. The maximum atomic E-state index is 11.7. The van der Waals surface area contributed by atoms with Gasteiger partial charge >= 0.3 is 11.9 Å². The monoisotopic (exact) mass is 420 g/mol. The van der Waals surface area contributed by atoms with Gasteiger partial charge in [0.1, 0.15) is 19.0 Å². The molecule has 6 nitrogen and oxygen atoms in total. The third kappa shape index (κ3) is 6.97. The van der Waals surface area contributed by atoms with E-state index in [1.54, 1.807) is 6.07 Å². The van der Waals surface area contributed by atoms with E-state index < -0.39 is 11.9 Å². The van der Waals surface area contributed by atoms with E-state index in [4.69, 9.17) is 14.6 Å². The lowest BCUT2D eigenvalue weighted by Crippen LogP contribution is -2.07. The van der Waals surface area contributed by atoms with Crippen LogP contribution in [0.2, 0.25) is 0 Å². The average Bonchev–Trinajstić information content (AvgIpc) is 2.80. The van der Waals surface area contributed by atoms with Gasteiger partial charge in [0.25, 0.3) is 0 Å². The van der Waals surface area contributed by atoms with Crippen molar-refractivity contribution >= 4 is 11.9 Å². The summed E-state index contributed by atoms with van der Waals surface area (Å²) in [6.07, 6.45) is -0.445.